The molecule has 156 valence electrons. The monoisotopic (exact) mass is 422 g/mol. The number of imide groups is 1. The van der Waals surface area contributed by atoms with Crippen LogP contribution in [-0.2, 0) is 9.59 Å². The van der Waals surface area contributed by atoms with Gasteiger partial charge in [0.05, 0.1) is 12.8 Å². The molecule has 1 heterocycles. The molecule has 2 aromatic rings. The normalized spacial score (nSPS) is 17.6. The van der Waals surface area contributed by atoms with Crippen molar-refractivity contribution in [3.05, 3.63) is 65.2 Å². The van der Waals surface area contributed by atoms with Crippen LogP contribution in [0, 0.1) is 0 Å². The number of thioether (sulfide) groups is 1. The summed E-state index contributed by atoms with van der Waals surface area (Å²) in [6, 6.07) is 17.1. The molecular formula is C24H26N2O3S. The fraction of sp³-hybridized carbons (Fsp3) is 0.333. The Labute approximate surface area is 181 Å². The zero-order chi connectivity index (χ0) is 21.1. The van der Waals surface area contributed by atoms with Gasteiger partial charge in [0.15, 0.2) is 0 Å². The van der Waals surface area contributed by atoms with Gasteiger partial charge in [0.1, 0.15) is 16.4 Å². The van der Waals surface area contributed by atoms with Gasteiger partial charge in [0.2, 0.25) is 0 Å². The molecule has 4 rings (SSSR count). The van der Waals surface area contributed by atoms with Gasteiger partial charge in [-0.3, -0.25) is 9.59 Å². The van der Waals surface area contributed by atoms with Crippen LogP contribution in [0.3, 0.4) is 0 Å². The quantitative estimate of drug-likeness (QED) is 0.624. The molecule has 30 heavy (non-hydrogen) atoms. The van der Waals surface area contributed by atoms with E-state index in [-0.39, 0.29) is 17.9 Å². The Morgan fingerprint density at radius 3 is 2.23 bits per heavy atom. The summed E-state index contributed by atoms with van der Waals surface area (Å²) in [4.78, 5) is 31.7. The van der Waals surface area contributed by atoms with Crippen molar-refractivity contribution in [1.82, 2.24) is 4.90 Å². The van der Waals surface area contributed by atoms with Crippen LogP contribution in [0.5, 0.6) is 5.75 Å². The number of hydrogen-bond donors (Lipinski definition) is 0. The number of ether oxygens (including phenoxy) is 1. The van der Waals surface area contributed by atoms with Crippen LogP contribution in [0.1, 0.15) is 32.1 Å². The maximum atomic E-state index is 13.5. The molecule has 0 atom stereocenters. The van der Waals surface area contributed by atoms with E-state index in [1.165, 1.54) is 23.1 Å². The van der Waals surface area contributed by atoms with E-state index in [4.69, 9.17) is 4.74 Å². The number of likely N-dealkylation sites (N-methyl/N-ethyl adjacent to an activating group) is 1. The van der Waals surface area contributed by atoms with Crippen LogP contribution in [0.25, 0.3) is 0 Å². The molecule has 0 unspecified atom stereocenters. The van der Waals surface area contributed by atoms with E-state index in [0.717, 1.165) is 30.6 Å². The highest BCUT2D eigenvalue weighted by atomic mass is 32.2. The second-order valence-electron chi connectivity index (χ2n) is 7.64. The molecule has 1 fully saturated rings. The number of hydrogen-bond acceptors (Lipinski definition) is 5. The minimum atomic E-state index is -0.267. The second kappa shape index (κ2) is 8.96. The van der Waals surface area contributed by atoms with Gasteiger partial charge < -0.3 is 9.64 Å². The van der Waals surface area contributed by atoms with Crippen molar-refractivity contribution in [2.45, 2.75) is 43.0 Å². The lowest BCUT2D eigenvalue weighted by Crippen LogP contribution is -2.38. The van der Waals surface area contributed by atoms with E-state index in [2.05, 4.69) is 0 Å². The van der Waals surface area contributed by atoms with Crippen molar-refractivity contribution in [2.24, 2.45) is 0 Å². The minimum Gasteiger partial charge on any atom is -0.497 e. The van der Waals surface area contributed by atoms with Crippen LogP contribution in [0.4, 0.5) is 5.69 Å². The molecule has 6 heteroatoms. The fourth-order valence-electron chi connectivity index (χ4n) is 4.12. The lowest BCUT2D eigenvalue weighted by Gasteiger charge is -2.33. The highest BCUT2D eigenvalue weighted by molar-refractivity contribution is 8.04. The third kappa shape index (κ3) is 3.97. The Balaban J connectivity index is 1.71. The summed E-state index contributed by atoms with van der Waals surface area (Å²) in [6.45, 7) is 0. The molecule has 5 nitrogen and oxygen atoms in total. The van der Waals surface area contributed by atoms with Crippen LogP contribution in [0.15, 0.2) is 70.1 Å². The van der Waals surface area contributed by atoms with Gasteiger partial charge in [-0.2, -0.15) is 0 Å². The van der Waals surface area contributed by atoms with Crippen molar-refractivity contribution in [3.8, 4) is 5.75 Å². The summed E-state index contributed by atoms with van der Waals surface area (Å²) in [5, 5.41) is 0. The smallest absolute Gasteiger partial charge is 0.283 e. The van der Waals surface area contributed by atoms with Gasteiger partial charge >= 0.3 is 0 Å². The maximum Gasteiger partial charge on any atom is 0.283 e. The first-order chi connectivity index (χ1) is 14.6. The van der Waals surface area contributed by atoms with Crippen molar-refractivity contribution in [2.75, 3.05) is 19.1 Å². The first-order valence-corrected chi connectivity index (χ1v) is 11.1. The van der Waals surface area contributed by atoms with Crippen LogP contribution >= 0.6 is 11.8 Å². The third-order valence-electron chi connectivity index (χ3n) is 5.79. The fourth-order valence-corrected chi connectivity index (χ4v) is 5.16. The summed E-state index contributed by atoms with van der Waals surface area (Å²) in [5.41, 5.74) is 1.07. The van der Waals surface area contributed by atoms with E-state index in [9.17, 15) is 9.59 Å². The molecule has 0 bridgehead atoms. The lowest BCUT2D eigenvalue weighted by molar-refractivity contribution is -0.121. The Morgan fingerprint density at radius 2 is 1.60 bits per heavy atom. The first-order valence-electron chi connectivity index (χ1n) is 10.3. The molecule has 1 saturated carbocycles. The molecule has 0 saturated heterocycles. The number of carbonyl (C=O) groups excluding carboxylic acids is 2. The summed E-state index contributed by atoms with van der Waals surface area (Å²) in [6.07, 6.45) is 5.65. The molecule has 0 aromatic heterocycles. The summed E-state index contributed by atoms with van der Waals surface area (Å²) in [7, 11) is 3.55. The summed E-state index contributed by atoms with van der Waals surface area (Å²) in [5.74, 6) is 0.164. The van der Waals surface area contributed by atoms with E-state index in [1.54, 1.807) is 31.4 Å². The Kier molecular flexibility index (Phi) is 6.13. The second-order valence-corrected chi connectivity index (χ2v) is 8.72. The number of nitrogens with zero attached hydrogens (tertiary/aromatic N) is 2. The van der Waals surface area contributed by atoms with E-state index < -0.39 is 0 Å². The highest BCUT2D eigenvalue weighted by Crippen LogP contribution is 2.40. The van der Waals surface area contributed by atoms with Crippen LogP contribution in [-0.4, -0.2) is 36.9 Å². The zero-order valence-corrected chi connectivity index (χ0v) is 18.2. The standard InChI is InChI=1S/C24H26N2O3S/c1-25(17-9-5-3-6-10-17)21-22(30-20-11-7-4-8-12-20)24(28)26(23(21)27)18-13-15-19(29-2)16-14-18/h4,7-8,11-17H,3,5-6,9-10H2,1-2H3. The summed E-state index contributed by atoms with van der Waals surface area (Å²) < 4.78 is 5.21. The van der Waals surface area contributed by atoms with E-state index >= 15 is 0 Å². The molecule has 1 aliphatic carbocycles. The predicted octanol–water partition coefficient (Wildman–Crippen LogP) is 4.84. The van der Waals surface area contributed by atoms with Gasteiger partial charge in [-0.25, -0.2) is 4.90 Å². The first kappa shape index (κ1) is 20.5. The average molecular weight is 423 g/mol. The number of benzene rings is 2. The van der Waals surface area contributed by atoms with Crippen molar-refractivity contribution in [1.29, 1.82) is 0 Å². The van der Waals surface area contributed by atoms with Crippen molar-refractivity contribution in [3.63, 3.8) is 0 Å². The van der Waals surface area contributed by atoms with Crippen molar-refractivity contribution >= 4 is 29.3 Å². The van der Waals surface area contributed by atoms with Gasteiger partial charge in [0, 0.05) is 18.0 Å². The van der Waals surface area contributed by atoms with Gasteiger partial charge in [-0.05, 0) is 49.2 Å². The largest absolute Gasteiger partial charge is 0.497 e. The van der Waals surface area contributed by atoms with Crippen molar-refractivity contribution < 1.29 is 14.3 Å². The molecule has 1 aliphatic heterocycles. The minimum absolute atomic E-state index is 0.253. The number of rotatable bonds is 6. The predicted molar refractivity (Wildman–Crippen MR) is 119 cm³/mol. The Morgan fingerprint density at radius 1 is 0.933 bits per heavy atom. The third-order valence-corrected chi connectivity index (χ3v) is 6.87. The van der Waals surface area contributed by atoms with E-state index in [1.807, 2.05) is 42.3 Å². The van der Waals surface area contributed by atoms with Gasteiger partial charge in [-0.1, -0.05) is 49.2 Å². The SMILES string of the molecule is COc1ccc(N2C(=O)C(Sc3ccccc3)=C(N(C)C3CCCCC3)C2=O)cc1. The van der Waals surface area contributed by atoms with E-state index in [0.29, 0.717) is 22.0 Å². The topological polar surface area (TPSA) is 49.9 Å². The molecule has 0 spiro atoms. The highest BCUT2D eigenvalue weighted by Gasteiger charge is 2.43. The number of amides is 2. The molecule has 2 aliphatic rings. The Bertz CT molecular complexity index is 950. The maximum absolute atomic E-state index is 13.5. The zero-order valence-electron chi connectivity index (χ0n) is 17.3. The summed E-state index contributed by atoms with van der Waals surface area (Å²) >= 11 is 1.37. The van der Waals surface area contributed by atoms with Crippen LogP contribution < -0.4 is 9.64 Å². The van der Waals surface area contributed by atoms with Crippen LogP contribution in [0.2, 0.25) is 0 Å². The number of anilines is 1. The molecule has 2 amide bonds. The average Bonchev–Trinajstić information content (AvgIpc) is 3.04. The Hall–Kier alpha value is -2.73. The number of carbonyl (C=O) groups is 2. The van der Waals surface area contributed by atoms with Gasteiger partial charge in [-0.15, -0.1) is 0 Å². The molecule has 0 N–H and O–H groups in total. The lowest BCUT2D eigenvalue weighted by atomic mass is 9.94. The van der Waals surface area contributed by atoms with Gasteiger partial charge in [0.25, 0.3) is 11.8 Å². The number of methoxy groups -OCH3 is 1. The molecule has 0 radical (unpaired) electrons. The molecular weight excluding hydrogens is 396 g/mol. The molecule has 2 aromatic carbocycles.